The molecule has 0 aliphatic heterocycles. The maximum Gasteiger partial charge on any atom is 0.319 e. The third kappa shape index (κ3) is 3.47. The zero-order valence-electron chi connectivity index (χ0n) is 13.6. The largest absolute Gasteiger partial charge is 0.441 e. The number of oxazole rings is 1. The molecule has 3 rings (SSSR count). The van der Waals surface area contributed by atoms with Crippen LogP contribution in [0.15, 0.2) is 22.6 Å². The van der Waals surface area contributed by atoms with Gasteiger partial charge in [-0.2, -0.15) is 0 Å². The number of nitrogens with one attached hydrogen (secondary N) is 2. The minimum Gasteiger partial charge on any atom is -0.441 e. The Labute approximate surface area is 135 Å². The van der Waals surface area contributed by atoms with E-state index in [1.54, 1.807) is 19.1 Å². The lowest BCUT2D eigenvalue weighted by atomic mass is 9.73. The van der Waals surface area contributed by atoms with Crippen molar-refractivity contribution in [3.05, 3.63) is 24.1 Å². The Morgan fingerprint density at radius 2 is 2.30 bits per heavy atom. The van der Waals surface area contributed by atoms with E-state index in [0.29, 0.717) is 23.7 Å². The molecule has 0 bridgehead atoms. The summed E-state index contributed by atoms with van der Waals surface area (Å²) < 4.78 is 5.46. The number of aliphatic hydroxyl groups is 1. The molecule has 2 aromatic rings. The number of amides is 2. The van der Waals surface area contributed by atoms with Crippen molar-refractivity contribution in [3.8, 4) is 0 Å². The van der Waals surface area contributed by atoms with Crippen LogP contribution in [0.3, 0.4) is 0 Å². The normalized spacial score (nSPS) is 24.6. The zero-order chi connectivity index (χ0) is 16.4. The summed E-state index contributed by atoms with van der Waals surface area (Å²) in [5, 5.41) is 15.8. The highest BCUT2D eigenvalue weighted by Gasteiger charge is 2.35. The van der Waals surface area contributed by atoms with Crippen LogP contribution in [0, 0.1) is 12.3 Å². The number of benzene rings is 1. The molecule has 1 aromatic carbocycles. The van der Waals surface area contributed by atoms with Crippen LogP contribution in [0.5, 0.6) is 0 Å². The van der Waals surface area contributed by atoms with E-state index in [9.17, 15) is 9.90 Å². The lowest BCUT2D eigenvalue weighted by molar-refractivity contribution is 0.00333. The Bertz CT molecular complexity index is 712. The number of carbonyl (C=O) groups excluding carboxylic acids is 1. The van der Waals surface area contributed by atoms with E-state index in [-0.39, 0.29) is 17.6 Å². The van der Waals surface area contributed by atoms with E-state index in [1.165, 1.54) is 0 Å². The van der Waals surface area contributed by atoms with Crippen molar-refractivity contribution in [2.75, 3.05) is 11.9 Å². The lowest BCUT2D eigenvalue weighted by Crippen LogP contribution is -2.46. The van der Waals surface area contributed by atoms with Gasteiger partial charge >= 0.3 is 6.03 Å². The van der Waals surface area contributed by atoms with Crippen molar-refractivity contribution < 1.29 is 14.3 Å². The van der Waals surface area contributed by atoms with Crippen LogP contribution in [-0.2, 0) is 0 Å². The van der Waals surface area contributed by atoms with Crippen molar-refractivity contribution in [1.82, 2.24) is 10.3 Å². The number of nitrogens with zero attached hydrogens (tertiary/aromatic N) is 1. The summed E-state index contributed by atoms with van der Waals surface area (Å²) in [6.07, 6.45) is 3.53. The SMILES string of the molecule is Cc1nc2ccc(NC(=O)NCC3(C)CCCCC3O)cc2o1. The van der Waals surface area contributed by atoms with Gasteiger partial charge in [0.15, 0.2) is 11.5 Å². The van der Waals surface area contributed by atoms with E-state index >= 15 is 0 Å². The van der Waals surface area contributed by atoms with Gasteiger partial charge in [0.05, 0.1) is 6.10 Å². The van der Waals surface area contributed by atoms with Crippen LogP contribution in [0.2, 0.25) is 0 Å². The predicted octanol–water partition coefficient (Wildman–Crippen LogP) is 3.20. The molecule has 3 N–H and O–H groups in total. The minimum atomic E-state index is -0.356. The summed E-state index contributed by atoms with van der Waals surface area (Å²) in [5.41, 5.74) is 1.82. The molecule has 1 aliphatic rings. The van der Waals surface area contributed by atoms with Gasteiger partial charge < -0.3 is 20.2 Å². The van der Waals surface area contributed by atoms with E-state index in [4.69, 9.17) is 4.42 Å². The fourth-order valence-electron chi connectivity index (χ4n) is 3.16. The molecular formula is C17H23N3O3. The molecule has 2 amide bonds. The molecule has 0 saturated heterocycles. The fraction of sp³-hybridized carbons (Fsp3) is 0.529. The maximum atomic E-state index is 12.1. The summed E-state index contributed by atoms with van der Waals surface area (Å²) in [6, 6.07) is 5.08. The monoisotopic (exact) mass is 317 g/mol. The minimum absolute atomic E-state index is 0.248. The van der Waals surface area contributed by atoms with Gasteiger partial charge in [-0.05, 0) is 25.0 Å². The summed E-state index contributed by atoms with van der Waals surface area (Å²) >= 11 is 0. The maximum absolute atomic E-state index is 12.1. The van der Waals surface area contributed by atoms with Gasteiger partial charge in [0.25, 0.3) is 0 Å². The van der Waals surface area contributed by atoms with Gasteiger partial charge in [0, 0.05) is 30.6 Å². The van der Waals surface area contributed by atoms with Crippen LogP contribution >= 0.6 is 0 Å². The number of fused-ring (bicyclic) bond motifs is 1. The first-order valence-corrected chi connectivity index (χ1v) is 8.06. The van der Waals surface area contributed by atoms with Crippen molar-refractivity contribution in [2.24, 2.45) is 5.41 Å². The average Bonchev–Trinajstić information content (AvgIpc) is 2.88. The van der Waals surface area contributed by atoms with Gasteiger partial charge in [0.2, 0.25) is 0 Å². The molecule has 2 unspecified atom stereocenters. The Morgan fingerprint density at radius 1 is 1.48 bits per heavy atom. The Morgan fingerprint density at radius 3 is 3.09 bits per heavy atom. The van der Waals surface area contributed by atoms with Crippen LogP contribution in [-0.4, -0.2) is 28.8 Å². The molecule has 124 valence electrons. The highest BCUT2D eigenvalue weighted by atomic mass is 16.3. The molecule has 0 radical (unpaired) electrons. The number of carbonyl (C=O) groups is 1. The van der Waals surface area contributed by atoms with Crippen molar-refractivity contribution in [3.63, 3.8) is 0 Å². The summed E-state index contributed by atoms with van der Waals surface area (Å²) in [6.45, 7) is 4.28. The van der Waals surface area contributed by atoms with Gasteiger partial charge in [-0.1, -0.05) is 19.8 Å². The fourth-order valence-corrected chi connectivity index (χ4v) is 3.16. The number of hydrogen-bond donors (Lipinski definition) is 3. The first-order valence-electron chi connectivity index (χ1n) is 8.06. The molecule has 6 nitrogen and oxygen atoms in total. The number of urea groups is 1. The van der Waals surface area contributed by atoms with E-state index < -0.39 is 0 Å². The third-order valence-electron chi connectivity index (χ3n) is 4.69. The number of hydrogen-bond acceptors (Lipinski definition) is 4. The zero-order valence-corrected chi connectivity index (χ0v) is 13.6. The second-order valence-corrected chi connectivity index (χ2v) is 6.64. The Kier molecular flexibility index (Phi) is 4.26. The third-order valence-corrected chi connectivity index (χ3v) is 4.69. The van der Waals surface area contributed by atoms with Crippen LogP contribution in [0.4, 0.5) is 10.5 Å². The first kappa shape index (κ1) is 15.8. The quantitative estimate of drug-likeness (QED) is 0.811. The number of rotatable bonds is 3. The number of aliphatic hydroxyl groups excluding tert-OH is 1. The van der Waals surface area contributed by atoms with Crippen LogP contribution in [0.25, 0.3) is 11.1 Å². The average molecular weight is 317 g/mol. The standard InChI is InChI=1S/C17H23N3O3/c1-11-19-13-7-6-12(9-14(13)23-11)20-16(22)18-10-17(2)8-4-3-5-15(17)21/h6-7,9,15,21H,3-5,8,10H2,1-2H3,(H2,18,20,22). The molecule has 2 atom stereocenters. The van der Waals surface area contributed by atoms with Crippen LogP contribution in [0.1, 0.15) is 38.5 Å². The van der Waals surface area contributed by atoms with Gasteiger partial charge in [0.1, 0.15) is 5.52 Å². The molecule has 23 heavy (non-hydrogen) atoms. The lowest BCUT2D eigenvalue weighted by Gasteiger charge is -2.38. The summed E-state index contributed by atoms with van der Waals surface area (Å²) in [5.74, 6) is 0.598. The van der Waals surface area contributed by atoms with E-state index in [2.05, 4.69) is 15.6 Å². The number of aryl methyl sites for hydroxylation is 1. The summed E-state index contributed by atoms with van der Waals surface area (Å²) in [4.78, 5) is 16.3. The number of aromatic nitrogens is 1. The number of anilines is 1. The molecule has 1 heterocycles. The molecule has 1 fully saturated rings. The van der Waals surface area contributed by atoms with Crippen molar-refractivity contribution >= 4 is 22.8 Å². The molecule has 1 aromatic heterocycles. The van der Waals surface area contributed by atoms with Crippen molar-refractivity contribution in [1.29, 1.82) is 0 Å². The van der Waals surface area contributed by atoms with Crippen LogP contribution < -0.4 is 10.6 Å². The molecule has 0 spiro atoms. The predicted molar refractivity (Wildman–Crippen MR) is 88.3 cm³/mol. The van der Waals surface area contributed by atoms with E-state index in [1.807, 2.05) is 13.0 Å². The van der Waals surface area contributed by atoms with Gasteiger partial charge in [-0.15, -0.1) is 0 Å². The first-order chi connectivity index (χ1) is 11.0. The molecular weight excluding hydrogens is 294 g/mol. The second-order valence-electron chi connectivity index (χ2n) is 6.64. The smallest absolute Gasteiger partial charge is 0.319 e. The molecule has 6 heteroatoms. The highest BCUT2D eigenvalue weighted by Crippen LogP contribution is 2.35. The van der Waals surface area contributed by atoms with Gasteiger partial charge in [-0.3, -0.25) is 0 Å². The highest BCUT2D eigenvalue weighted by molar-refractivity contribution is 5.91. The summed E-state index contributed by atoms with van der Waals surface area (Å²) in [7, 11) is 0. The Balaban J connectivity index is 1.59. The molecule has 1 saturated carbocycles. The van der Waals surface area contributed by atoms with E-state index in [0.717, 1.165) is 31.2 Å². The second kappa shape index (κ2) is 6.20. The van der Waals surface area contributed by atoms with Crippen molar-refractivity contribution in [2.45, 2.75) is 45.6 Å². The Hall–Kier alpha value is -2.08. The topological polar surface area (TPSA) is 87.4 Å². The van der Waals surface area contributed by atoms with Gasteiger partial charge in [-0.25, -0.2) is 9.78 Å². The molecule has 1 aliphatic carbocycles.